The van der Waals surface area contributed by atoms with E-state index in [-0.39, 0.29) is 12.4 Å². The van der Waals surface area contributed by atoms with E-state index in [0.717, 1.165) is 59.8 Å². The van der Waals surface area contributed by atoms with Gasteiger partial charge in [0.05, 0.1) is 17.9 Å². The summed E-state index contributed by atoms with van der Waals surface area (Å²) < 4.78 is 43.1. The summed E-state index contributed by atoms with van der Waals surface area (Å²) in [5.74, 6) is -1.54. The Morgan fingerprint density at radius 3 is 2.29 bits per heavy atom. The molecule has 2 heterocycles. The van der Waals surface area contributed by atoms with E-state index in [2.05, 4.69) is 11.0 Å². The molecule has 0 bridgehead atoms. The van der Waals surface area contributed by atoms with Gasteiger partial charge >= 0.3 is 0 Å². The normalized spacial score (nSPS) is 14.4. The number of hydrogen-bond donors (Lipinski definition) is 0. The zero-order valence-electron chi connectivity index (χ0n) is 17.0. The Labute approximate surface area is 178 Å². The van der Waals surface area contributed by atoms with Gasteiger partial charge in [-0.2, -0.15) is 5.10 Å². The summed E-state index contributed by atoms with van der Waals surface area (Å²) in [5.41, 5.74) is 3.82. The second-order valence-electron chi connectivity index (χ2n) is 7.97. The van der Waals surface area contributed by atoms with Crippen LogP contribution in [0.2, 0.25) is 0 Å². The molecule has 31 heavy (non-hydrogen) atoms. The Morgan fingerprint density at radius 2 is 1.55 bits per heavy atom. The van der Waals surface area contributed by atoms with Crippen molar-refractivity contribution in [3.8, 4) is 11.3 Å². The minimum absolute atomic E-state index is 0.146. The van der Waals surface area contributed by atoms with Crippen LogP contribution in [-0.2, 0) is 6.54 Å². The van der Waals surface area contributed by atoms with Crippen LogP contribution < -0.4 is 4.90 Å². The van der Waals surface area contributed by atoms with Gasteiger partial charge in [-0.3, -0.25) is 4.68 Å². The number of rotatable bonds is 4. The van der Waals surface area contributed by atoms with Crippen LogP contribution in [0.15, 0.2) is 60.7 Å². The monoisotopic (exact) mass is 421 g/mol. The van der Waals surface area contributed by atoms with Crippen LogP contribution in [0.3, 0.4) is 0 Å². The molecule has 1 aliphatic heterocycles. The molecule has 0 unspecified atom stereocenters. The first kappa shape index (κ1) is 19.7. The number of aromatic nitrogens is 2. The van der Waals surface area contributed by atoms with E-state index < -0.39 is 11.6 Å². The van der Waals surface area contributed by atoms with Gasteiger partial charge in [0.25, 0.3) is 0 Å². The SMILES string of the molecule is Fc1ccc(-c2c3cccc(N4CCCCC4)c3nn2Cc2ccc(F)cc2F)cc1. The van der Waals surface area contributed by atoms with Crippen molar-refractivity contribution >= 4 is 16.6 Å². The fourth-order valence-corrected chi connectivity index (χ4v) is 4.37. The van der Waals surface area contributed by atoms with E-state index in [1.807, 2.05) is 12.1 Å². The summed E-state index contributed by atoms with van der Waals surface area (Å²) in [5, 5.41) is 5.79. The largest absolute Gasteiger partial charge is 0.370 e. The highest BCUT2D eigenvalue weighted by molar-refractivity contribution is 6.00. The molecule has 0 saturated carbocycles. The van der Waals surface area contributed by atoms with Crippen LogP contribution in [0.4, 0.5) is 18.9 Å². The van der Waals surface area contributed by atoms with Gasteiger partial charge in [0.2, 0.25) is 0 Å². The van der Waals surface area contributed by atoms with Crippen molar-refractivity contribution in [1.29, 1.82) is 0 Å². The molecule has 3 aromatic carbocycles. The highest BCUT2D eigenvalue weighted by Crippen LogP contribution is 2.35. The number of piperidine rings is 1. The van der Waals surface area contributed by atoms with Crippen molar-refractivity contribution in [2.24, 2.45) is 0 Å². The molecule has 3 nitrogen and oxygen atoms in total. The number of hydrogen-bond acceptors (Lipinski definition) is 2. The van der Waals surface area contributed by atoms with Crippen LogP contribution >= 0.6 is 0 Å². The molecule has 158 valence electrons. The molecule has 5 rings (SSSR count). The maximum Gasteiger partial charge on any atom is 0.131 e. The minimum Gasteiger partial charge on any atom is -0.370 e. The molecular formula is C25H22F3N3. The van der Waals surface area contributed by atoms with Gasteiger partial charge in [0.1, 0.15) is 23.0 Å². The molecule has 0 atom stereocenters. The zero-order chi connectivity index (χ0) is 21.4. The minimum atomic E-state index is -0.613. The van der Waals surface area contributed by atoms with Gasteiger partial charge in [-0.25, -0.2) is 13.2 Å². The molecule has 0 radical (unpaired) electrons. The summed E-state index contributed by atoms with van der Waals surface area (Å²) in [7, 11) is 0. The standard InChI is InChI=1S/C25H22F3N3/c26-19-10-7-17(8-11-19)25-21-5-4-6-23(30-13-2-1-3-14-30)24(21)29-31(25)16-18-9-12-20(27)15-22(18)28/h4-12,15H,1-3,13-14,16H2. The molecule has 0 amide bonds. The average molecular weight is 421 g/mol. The van der Waals surface area contributed by atoms with Crippen LogP contribution in [0.1, 0.15) is 24.8 Å². The first-order chi connectivity index (χ1) is 15.1. The lowest BCUT2D eigenvalue weighted by Gasteiger charge is -2.28. The maximum absolute atomic E-state index is 14.4. The molecule has 1 saturated heterocycles. The lowest BCUT2D eigenvalue weighted by molar-refractivity contribution is 0.560. The quantitative estimate of drug-likeness (QED) is 0.394. The second kappa shape index (κ2) is 8.10. The van der Waals surface area contributed by atoms with E-state index in [1.165, 1.54) is 30.7 Å². The summed E-state index contributed by atoms with van der Waals surface area (Å²) in [6.07, 6.45) is 3.51. The van der Waals surface area contributed by atoms with Crippen molar-refractivity contribution < 1.29 is 13.2 Å². The summed E-state index contributed by atoms with van der Waals surface area (Å²) in [6.45, 7) is 2.10. The Kier molecular flexibility index (Phi) is 5.14. The summed E-state index contributed by atoms with van der Waals surface area (Å²) in [6, 6.07) is 15.9. The number of fused-ring (bicyclic) bond motifs is 1. The topological polar surface area (TPSA) is 21.1 Å². The molecule has 0 spiro atoms. The fraction of sp³-hybridized carbons (Fsp3) is 0.240. The Hall–Kier alpha value is -3.28. The molecule has 4 aromatic rings. The van der Waals surface area contributed by atoms with Gasteiger partial charge in [0, 0.05) is 35.7 Å². The number of halogens is 3. The predicted molar refractivity (Wildman–Crippen MR) is 117 cm³/mol. The van der Waals surface area contributed by atoms with Crippen molar-refractivity contribution in [3.63, 3.8) is 0 Å². The van der Waals surface area contributed by atoms with Gasteiger partial charge in [0.15, 0.2) is 0 Å². The smallest absolute Gasteiger partial charge is 0.131 e. The molecule has 1 aromatic heterocycles. The molecule has 6 heteroatoms. The lowest BCUT2D eigenvalue weighted by Crippen LogP contribution is -2.29. The third-order valence-electron chi connectivity index (χ3n) is 5.90. The average Bonchev–Trinajstić information content (AvgIpc) is 3.15. The highest BCUT2D eigenvalue weighted by Gasteiger charge is 2.20. The van der Waals surface area contributed by atoms with Crippen LogP contribution in [0, 0.1) is 17.5 Å². The van der Waals surface area contributed by atoms with Crippen molar-refractivity contribution in [3.05, 3.63) is 83.7 Å². The van der Waals surface area contributed by atoms with Crippen molar-refractivity contribution in [2.45, 2.75) is 25.8 Å². The van der Waals surface area contributed by atoms with E-state index >= 15 is 0 Å². The maximum atomic E-state index is 14.4. The van der Waals surface area contributed by atoms with Crippen LogP contribution in [0.5, 0.6) is 0 Å². The first-order valence-electron chi connectivity index (χ1n) is 10.5. The van der Waals surface area contributed by atoms with Gasteiger partial charge < -0.3 is 4.90 Å². The number of anilines is 1. The lowest BCUT2D eigenvalue weighted by atomic mass is 10.0. The van der Waals surface area contributed by atoms with E-state index in [4.69, 9.17) is 5.10 Å². The second-order valence-corrected chi connectivity index (χ2v) is 7.97. The van der Waals surface area contributed by atoms with E-state index in [9.17, 15) is 13.2 Å². The third-order valence-corrected chi connectivity index (χ3v) is 5.90. The van der Waals surface area contributed by atoms with E-state index in [1.54, 1.807) is 16.8 Å². The van der Waals surface area contributed by atoms with Crippen molar-refractivity contribution in [1.82, 2.24) is 9.78 Å². The highest BCUT2D eigenvalue weighted by atomic mass is 19.1. The number of nitrogens with zero attached hydrogens (tertiary/aromatic N) is 3. The Morgan fingerprint density at radius 1 is 0.806 bits per heavy atom. The Balaban J connectivity index is 1.68. The van der Waals surface area contributed by atoms with Crippen LogP contribution in [0.25, 0.3) is 22.2 Å². The fourth-order valence-electron chi connectivity index (χ4n) is 4.37. The van der Waals surface area contributed by atoms with Crippen molar-refractivity contribution in [2.75, 3.05) is 18.0 Å². The summed E-state index contributed by atoms with van der Waals surface area (Å²) >= 11 is 0. The molecular weight excluding hydrogens is 399 g/mol. The van der Waals surface area contributed by atoms with Crippen LogP contribution in [-0.4, -0.2) is 22.9 Å². The molecule has 1 aliphatic rings. The first-order valence-corrected chi connectivity index (χ1v) is 10.5. The molecule has 0 aliphatic carbocycles. The predicted octanol–water partition coefficient (Wildman–Crippen LogP) is 6.16. The van der Waals surface area contributed by atoms with Gasteiger partial charge in [-0.1, -0.05) is 18.2 Å². The summed E-state index contributed by atoms with van der Waals surface area (Å²) in [4.78, 5) is 2.34. The zero-order valence-corrected chi connectivity index (χ0v) is 17.0. The van der Waals surface area contributed by atoms with E-state index in [0.29, 0.717) is 5.56 Å². The molecule has 0 N–H and O–H groups in total. The van der Waals surface area contributed by atoms with Gasteiger partial charge in [-0.15, -0.1) is 0 Å². The van der Waals surface area contributed by atoms with Gasteiger partial charge in [-0.05, 0) is 55.7 Å². The Bertz CT molecular complexity index is 1220. The number of benzene rings is 3. The molecule has 1 fully saturated rings. The third kappa shape index (κ3) is 3.78.